The van der Waals surface area contributed by atoms with Gasteiger partial charge in [-0.2, -0.15) is 0 Å². The molecule has 14 atom stereocenters. The Morgan fingerprint density at radius 1 is 0.516 bits per heavy atom. The molecule has 0 saturated carbocycles. The van der Waals surface area contributed by atoms with Gasteiger partial charge in [-0.25, -0.2) is 0 Å². The molecule has 2 saturated heterocycles. The number of allylic oxidation sites excluding steroid dienone is 2. The molecule has 536 valence electrons. The first-order valence-electron chi connectivity index (χ1n) is 33.8. The van der Waals surface area contributed by atoms with Crippen LogP contribution in [0.25, 0.3) is 0 Å². The molecule has 95 heavy (non-hydrogen) atoms. The average molecular weight is 1340 g/mol. The Hall–Kier alpha value is -7.15. The van der Waals surface area contributed by atoms with E-state index in [1.54, 1.807) is 78.8 Å². The molecule has 0 spiro atoms. The molecule has 0 aromatic heterocycles. The summed E-state index contributed by atoms with van der Waals surface area (Å²) >= 11 is 0. The Morgan fingerprint density at radius 2 is 0.958 bits per heavy atom. The molecule has 1 aromatic rings. The highest BCUT2D eigenvalue weighted by atomic mass is 16.5. The van der Waals surface area contributed by atoms with Crippen molar-refractivity contribution >= 4 is 65.0 Å². The van der Waals surface area contributed by atoms with Crippen molar-refractivity contribution in [2.75, 3.05) is 63.0 Å². The van der Waals surface area contributed by atoms with Gasteiger partial charge in [0.2, 0.25) is 59.1 Å². The van der Waals surface area contributed by atoms with Crippen molar-refractivity contribution in [3.8, 4) is 5.75 Å². The van der Waals surface area contributed by atoms with Crippen molar-refractivity contribution in [2.24, 2.45) is 41.4 Å². The van der Waals surface area contributed by atoms with Crippen LogP contribution in [-0.2, 0) is 57.5 Å². The molecule has 0 aliphatic carbocycles. The SMILES string of the molecule is C/C=C/C[C@@H](C)[C@@H](O)[C@H]1C(=O)N2[C@H](c3ccc(OC)cc3)O[C@@H](C)[C@@H]2C(=O)N(C)CC(=O)N(C)[C@@H](CC(C)C)C(=O)N[C@@H](C(C)C)C(=O)N(C)[C@@H](CC(C)C)C(=O)N[C@@H](C)C(=O)N[C@H](C)C(=O)N(C)[C@@H](CC(C)C)C(=O)N(C)[C@@H](CC(C)C)C(=O)N(C)[C@@H](C(C)C)C(=O)N1C. The zero-order chi connectivity index (χ0) is 72.7. The molecule has 2 aliphatic heterocycles. The van der Waals surface area contributed by atoms with Gasteiger partial charge in [-0.3, -0.25) is 57.6 Å². The van der Waals surface area contributed by atoms with Crippen LogP contribution in [0, 0.1) is 41.4 Å². The van der Waals surface area contributed by atoms with Crippen LogP contribution in [0.5, 0.6) is 5.75 Å². The van der Waals surface area contributed by atoms with E-state index in [1.807, 2.05) is 61.5 Å². The lowest BCUT2D eigenvalue weighted by atomic mass is 9.90. The van der Waals surface area contributed by atoms with Gasteiger partial charge in [0, 0.05) is 54.9 Å². The molecule has 0 unspecified atom stereocenters. The average Bonchev–Trinajstić information content (AvgIpc) is 1.68. The maximum absolute atomic E-state index is 16.2. The number of carbonyl (C=O) groups is 11. The number of ether oxygens (including phenoxy) is 2. The van der Waals surface area contributed by atoms with Crippen LogP contribution in [0.2, 0.25) is 0 Å². The van der Waals surface area contributed by atoms with Crippen LogP contribution < -0.4 is 20.7 Å². The van der Waals surface area contributed by atoms with Crippen LogP contribution in [0.4, 0.5) is 0 Å². The molecule has 0 bridgehead atoms. The summed E-state index contributed by atoms with van der Waals surface area (Å²) < 4.78 is 12.1. The molecule has 25 nitrogen and oxygen atoms in total. The smallest absolute Gasteiger partial charge is 0.251 e. The first-order chi connectivity index (χ1) is 44.1. The van der Waals surface area contributed by atoms with Gasteiger partial charge in [0.25, 0.3) is 5.91 Å². The molecular weight excluding hydrogens is 1220 g/mol. The number of nitrogens with one attached hydrogen (secondary N) is 3. The number of carbonyl (C=O) groups excluding carboxylic acids is 11. The molecule has 2 heterocycles. The number of aliphatic hydroxyl groups is 1. The molecule has 2 fully saturated rings. The second-order valence-electron chi connectivity index (χ2n) is 28.8. The van der Waals surface area contributed by atoms with E-state index >= 15 is 24.0 Å². The Labute approximate surface area is 566 Å². The highest BCUT2D eigenvalue weighted by Crippen LogP contribution is 2.39. The predicted molar refractivity (Wildman–Crippen MR) is 363 cm³/mol. The maximum atomic E-state index is 16.2. The third-order valence-electron chi connectivity index (χ3n) is 18.3. The topological polar surface area (TPSA) is 288 Å². The largest absolute Gasteiger partial charge is 0.497 e. The summed E-state index contributed by atoms with van der Waals surface area (Å²) in [5, 5.41) is 21.0. The summed E-state index contributed by atoms with van der Waals surface area (Å²) in [6.07, 6.45) is 0.354. The number of nitrogens with zero attached hydrogens (tertiary/aromatic N) is 8. The van der Waals surface area contributed by atoms with E-state index in [1.165, 1.54) is 99.7 Å². The maximum Gasteiger partial charge on any atom is 0.251 e. The third-order valence-corrected chi connectivity index (χ3v) is 18.3. The number of aliphatic hydroxyl groups excluding tert-OH is 1. The van der Waals surface area contributed by atoms with E-state index in [0.717, 1.165) is 9.80 Å². The standard InChI is InChI=1S/C70H117N11O14/c1-26-27-28-44(14)59(83)58-69(93)81-57(47(17)95-70(81)48-29-31-49(94-25)32-30-48)67(91)74(18)37-54(82)75(19)50(33-38(2)3)62(86)73-55(42(10)11)66(90)76(20)51(34-39(4)5)61(85)71-45(15)60(84)72-46(16)63(87)77(21)52(35-40(6)7)64(88)78(22)53(36-41(8)9)65(89)79(23)56(43(12)13)68(92)80(58)24/h26-27,29-32,38-47,50-53,55-59,70,83H,28,33-37H2,1-25H3,(H,71,85)(H,72,84)(H,73,86)/b27-26+/t44-,45+,46-,47+,50+,51+,52+,53+,55+,56+,57-,58+,59-,70+/m1/s1. The summed E-state index contributed by atoms with van der Waals surface area (Å²) in [6, 6.07) is -6.40. The van der Waals surface area contributed by atoms with Gasteiger partial charge in [0.05, 0.1) is 25.9 Å². The van der Waals surface area contributed by atoms with Crippen LogP contribution in [0.15, 0.2) is 36.4 Å². The summed E-state index contributed by atoms with van der Waals surface area (Å²) in [5.41, 5.74) is 0.399. The summed E-state index contributed by atoms with van der Waals surface area (Å²) in [5.74, 6) is -9.83. The van der Waals surface area contributed by atoms with Crippen molar-refractivity contribution in [3.63, 3.8) is 0 Å². The minimum absolute atomic E-state index is 0.115. The molecule has 4 N–H and O–H groups in total. The van der Waals surface area contributed by atoms with E-state index in [0.29, 0.717) is 11.3 Å². The number of hydrogen-bond acceptors (Lipinski definition) is 14. The number of likely N-dealkylation sites (N-methyl/N-ethyl adjacent to an activating group) is 7. The van der Waals surface area contributed by atoms with Crippen molar-refractivity contribution in [1.82, 2.24) is 55.1 Å². The van der Waals surface area contributed by atoms with Crippen molar-refractivity contribution in [2.45, 2.75) is 229 Å². The van der Waals surface area contributed by atoms with Crippen LogP contribution in [0.3, 0.4) is 0 Å². The normalized spacial score (nSPS) is 27.5. The molecule has 2 aliphatic rings. The number of hydrogen-bond donors (Lipinski definition) is 4. The van der Waals surface area contributed by atoms with Crippen molar-refractivity contribution in [1.29, 1.82) is 0 Å². The number of amides is 11. The van der Waals surface area contributed by atoms with Gasteiger partial charge in [0.15, 0.2) is 6.23 Å². The van der Waals surface area contributed by atoms with E-state index in [-0.39, 0.29) is 55.8 Å². The molecule has 0 radical (unpaired) electrons. The zero-order valence-corrected chi connectivity index (χ0v) is 61.6. The predicted octanol–water partition coefficient (Wildman–Crippen LogP) is 4.70. The first kappa shape index (κ1) is 82.1. The Bertz CT molecular complexity index is 2850. The van der Waals surface area contributed by atoms with Crippen molar-refractivity contribution < 1.29 is 67.3 Å². The molecule has 25 heteroatoms. The first-order valence-corrected chi connectivity index (χ1v) is 33.8. The monoisotopic (exact) mass is 1340 g/mol. The minimum Gasteiger partial charge on any atom is -0.497 e. The van der Waals surface area contributed by atoms with E-state index in [2.05, 4.69) is 16.0 Å². The van der Waals surface area contributed by atoms with Gasteiger partial charge in [0.1, 0.15) is 66.2 Å². The lowest BCUT2D eigenvalue weighted by Crippen LogP contribution is -2.64. The number of fused-ring (bicyclic) bond motifs is 1. The minimum atomic E-state index is -1.75. The highest BCUT2D eigenvalue weighted by Gasteiger charge is 2.54. The third kappa shape index (κ3) is 20.9. The second kappa shape index (κ2) is 36.3. The van der Waals surface area contributed by atoms with Gasteiger partial charge in [-0.15, -0.1) is 0 Å². The van der Waals surface area contributed by atoms with E-state index in [9.17, 15) is 33.9 Å². The summed E-state index contributed by atoms with van der Waals surface area (Å²) in [6.45, 7) is 29.2. The van der Waals surface area contributed by atoms with Crippen LogP contribution in [-0.4, -0.2) is 245 Å². The summed E-state index contributed by atoms with van der Waals surface area (Å²) in [7, 11) is 11.4. The van der Waals surface area contributed by atoms with Crippen LogP contribution >= 0.6 is 0 Å². The fourth-order valence-corrected chi connectivity index (χ4v) is 12.5. The van der Waals surface area contributed by atoms with E-state index in [4.69, 9.17) is 9.47 Å². The fourth-order valence-electron chi connectivity index (χ4n) is 12.5. The number of rotatable bonds is 16. The number of benzene rings is 1. The second-order valence-corrected chi connectivity index (χ2v) is 28.8. The Morgan fingerprint density at radius 3 is 1.43 bits per heavy atom. The van der Waals surface area contributed by atoms with Gasteiger partial charge in [-0.05, 0) is 113 Å². The fraction of sp³-hybridized carbons (Fsp3) is 0.729. The van der Waals surface area contributed by atoms with Gasteiger partial charge < -0.3 is 64.8 Å². The van der Waals surface area contributed by atoms with Gasteiger partial charge in [-0.1, -0.05) is 114 Å². The lowest BCUT2D eigenvalue weighted by molar-refractivity contribution is -0.162. The molecular formula is C70H117N11O14. The summed E-state index contributed by atoms with van der Waals surface area (Å²) in [4.78, 5) is 175. The van der Waals surface area contributed by atoms with Gasteiger partial charge >= 0.3 is 0 Å². The van der Waals surface area contributed by atoms with Crippen LogP contribution in [0.1, 0.15) is 162 Å². The van der Waals surface area contributed by atoms with Crippen molar-refractivity contribution in [3.05, 3.63) is 42.0 Å². The molecule has 3 rings (SSSR count). The number of methoxy groups -OCH3 is 1. The molecule has 1 aromatic carbocycles. The highest BCUT2D eigenvalue weighted by molar-refractivity contribution is 6.00. The quantitative estimate of drug-likeness (QED) is 0.163. The zero-order valence-electron chi connectivity index (χ0n) is 61.6. The van der Waals surface area contributed by atoms with E-state index < -0.39 is 168 Å². The molecule has 11 amide bonds. The lowest BCUT2D eigenvalue weighted by Gasteiger charge is -2.43. The Balaban J connectivity index is 2.47. The Kier molecular flexibility index (Phi) is 31.3.